The molecule has 0 unspecified atom stereocenters. The van der Waals surface area contributed by atoms with Gasteiger partial charge in [-0.1, -0.05) is 23.8 Å². The number of benzene rings is 1. The van der Waals surface area contributed by atoms with Gasteiger partial charge in [0, 0.05) is 25.2 Å². The zero-order valence-electron chi connectivity index (χ0n) is 10.8. The number of rotatable bonds is 3. The van der Waals surface area contributed by atoms with Crippen molar-refractivity contribution in [1.29, 1.82) is 0 Å². The van der Waals surface area contributed by atoms with Crippen LogP contribution in [0.25, 0.3) is 0 Å². The second kappa shape index (κ2) is 7.01. The summed E-state index contributed by atoms with van der Waals surface area (Å²) >= 11 is 1.56. The third-order valence-electron chi connectivity index (χ3n) is 2.05. The molecule has 1 aromatic rings. The molecule has 0 aliphatic heterocycles. The Morgan fingerprint density at radius 1 is 1.29 bits per heavy atom. The van der Waals surface area contributed by atoms with Crippen molar-refractivity contribution in [3.63, 3.8) is 0 Å². The minimum atomic E-state index is 0.827. The summed E-state index contributed by atoms with van der Waals surface area (Å²) in [6, 6.07) is 8.39. The van der Waals surface area contributed by atoms with E-state index in [4.69, 9.17) is 0 Å². The third kappa shape index (κ3) is 4.95. The maximum atomic E-state index is 4.30. The lowest BCUT2D eigenvalue weighted by Crippen LogP contribution is -2.31. The second-order valence-corrected chi connectivity index (χ2v) is 4.73. The highest BCUT2D eigenvalue weighted by Crippen LogP contribution is 2.15. The summed E-state index contributed by atoms with van der Waals surface area (Å²) in [5.41, 5.74) is 1.27. The van der Waals surface area contributed by atoms with E-state index in [1.165, 1.54) is 10.5 Å². The molecule has 0 aliphatic carbocycles. The summed E-state index contributed by atoms with van der Waals surface area (Å²) in [4.78, 5) is 7.42. The first-order chi connectivity index (χ1) is 8.13. The molecule has 0 spiro atoms. The Bertz CT molecular complexity index is 394. The Hall–Kier alpha value is -1.42. The van der Waals surface area contributed by atoms with Gasteiger partial charge in [-0.15, -0.1) is 0 Å². The summed E-state index contributed by atoms with van der Waals surface area (Å²) in [5.74, 6) is 0.827. The SMILES string of the molecule is C/C=C\N=C(NSc1ccc(C)cc1)N(C)C. The molecular formula is C13H19N3S. The van der Waals surface area contributed by atoms with Gasteiger partial charge in [0.15, 0.2) is 0 Å². The molecule has 1 N–H and O–H groups in total. The van der Waals surface area contributed by atoms with Gasteiger partial charge in [0.2, 0.25) is 5.96 Å². The molecular weight excluding hydrogens is 230 g/mol. The highest BCUT2D eigenvalue weighted by Gasteiger charge is 2.01. The van der Waals surface area contributed by atoms with Crippen LogP contribution in [-0.2, 0) is 0 Å². The van der Waals surface area contributed by atoms with E-state index in [0.29, 0.717) is 0 Å². The molecule has 4 heteroatoms. The fourth-order valence-corrected chi connectivity index (χ4v) is 1.81. The molecule has 0 aromatic heterocycles. The van der Waals surface area contributed by atoms with Crippen molar-refractivity contribution in [1.82, 2.24) is 9.62 Å². The lowest BCUT2D eigenvalue weighted by Gasteiger charge is -2.15. The summed E-state index contributed by atoms with van der Waals surface area (Å²) in [6.07, 6.45) is 3.68. The highest BCUT2D eigenvalue weighted by atomic mass is 32.2. The zero-order chi connectivity index (χ0) is 12.7. The fourth-order valence-electron chi connectivity index (χ4n) is 1.09. The van der Waals surface area contributed by atoms with Gasteiger partial charge in [0.05, 0.1) is 0 Å². The lowest BCUT2D eigenvalue weighted by atomic mass is 10.2. The average molecular weight is 249 g/mol. The van der Waals surface area contributed by atoms with E-state index in [9.17, 15) is 0 Å². The first-order valence-corrected chi connectivity index (χ1v) is 6.31. The Morgan fingerprint density at radius 2 is 1.94 bits per heavy atom. The first kappa shape index (κ1) is 13.6. The number of aryl methyl sites for hydroxylation is 1. The van der Waals surface area contributed by atoms with Crippen LogP contribution in [0.5, 0.6) is 0 Å². The number of hydrogen-bond acceptors (Lipinski definition) is 2. The quantitative estimate of drug-likeness (QED) is 0.507. The highest BCUT2D eigenvalue weighted by molar-refractivity contribution is 7.98. The molecule has 1 rings (SSSR count). The normalized spacial score (nSPS) is 11.9. The smallest absolute Gasteiger partial charge is 0.208 e. The fraction of sp³-hybridized carbons (Fsp3) is 0.308. The van der Waals surface area contributed by atoms with Crippen molar-refractivity contribution in [3.05, 3.63) is 42.1 Å². The van der Waals surface area contributed by atoms with Crippen molar-refractivity contribution in [2.24, 2.45) is 4.99 Å². The molecule has 1 aromatic carbocycles. The zero-order valence-corrected chi connectivity index (χ0v) is 11.6. The van der Waals surface area contributed by atoms with E-state index >= 15 is 0 Å². The molecule has 0 bridgehead atoms. The number of hydrogen-bond donors (Lipinski definition) is 1. The molecule has 0 saturated carbocycles. The van der Waals surface area contributed by atoms with Crippen LogP contribution in [0.15, 0.2) is 46.4 Å². The Balaban J connectivity index is 2.61. The predicted octanol–water partition coefficient (Wildman–Crippen LogP) is 3.04. The Kier molecular flexibility index (Phi) is 5.63. The molecule has 17 heavy (non-hydrogen) atoms. The van der Waals surface area contributed by atoms with Crippen LogP contribution in [0.1, 0.15) is 12.5 Å². The van der Waals surface area contributed by atoms with Crippen LogP contribution < -0.4 is 4.72 Å². The number of nitrogens with one attached hydrogen (secondary N) is 1. The van der Waals surface area contributed by atoms with Crippen LogP contribution in [-0.4, -0.2) is 25.0 Å². The molecule has 0 atom stereocenters. The van der Waals surface area contributed by atoms with Gasteiger partial charge in [-0.3, -0.25) is 4.72 Å². The van der Waals surface area contributed by atoms with Crippen LogP contribution >= 0.6 is 11.9 Å². The Labute approximate surface area is 108 Å². The minimum Gasteiger partial charge on any atom is -0.348 e. The van der Waals surface area contributed by atoms with Gasteiger partial charge in [-0.05, 0) is 37.9 Å². The molecule has 0 amide bonds. The number of guanidine groups is 1. The van der Waals surface area contributed by atoms with E-state index in [-0.39, 0.29) is 0 Å². The van der Waals surface area contributed by atoms with Crippen molar-refractivity contribution >= 4 is 17.9 Å². The van der Waals surface area contributed by atoms with E-state index in [1.54, 1.807) is 18.1 Å². The monoisotopic (exact) mass is 249 g/mol. The van der Waals surface area contributed by atoms with Gasteiger partial charge in [-0.2, -0.15) is 0 Å². The first-order valence-electron chi connectivity index (χ1n) is 5.49. The third-order valence-corrected chi connectivity index (χ3v) is 2.84. The van der Waals surface area contributed by atoms with Crippen LogP contribution in [0.4, 0.5) is 0 Å². The van der Waals surface area contributed by atoms with E-state index < -0.39 is 0 Å². The number of aliphatic imine (C=N–C) groups is 1. The second-order valence-electron chi connectivity index (χ2n) is 3.85. The van der Waals surface area contributed by atoms with Crippen molar-refractivity contribution in [2.75, 3.05) is 14.1 Å². The molecule has 0 heterocycles. The van der Waals surface area contributed by atoms with Crippen LogP contribution in [0.2, 0.25) is 0 Å². The van der Waals surface area contributed by atoms with Crippen molar-refractivity contribution in [3.8, 4) is 0 Å². The summed E-state index contributed by atoms with van der Waals surface area (Å²) in [5, 5.41) is 0. The molecule has 0 saturated heterocycles. The Morgan fingerprint density at radius 3 is 2.47 bits per heavy atom. The van der Waals surface area contributed by atoms with E-state index in [1.807, 2.05) is 32.0 Å². The molecule has 3 nitrogen and oxygen atoms in total. The molecule has 92 valence electrons. The number of allylic oxidation sites excluding steroid dienone is 1. The van der Waals surface area contributed by atoms with Crippen molar-refractivity contribution < 1.29 is 0 Å². The van der Waals surface area contributed by atoms with E-state index in [0.717, 1.165) is 5.96 Å². The van der Waals surface area contributed by atoms with E-state index in [2.05, 4.69) is 40.9 Å². The minimum absolute atomic E-state index is 0.827. The molecule has 0 fully saturated rings. The predicted molar refractivity (Wildman–Crippen MR) is 76.1 cm³/mol. The van der Waals surface area contributed by atoms with Gasteiger partial charge in [0.1, 0.15) is 0 Å². The van der Waals surface area contributed by atoms with Crippen molar-refractivity contribution in [2.45, 2.75) is 18.7 Å². The summed E-state index contributed by atoms with van der Waals surface area (Å²) < 4.78 is 3.23. The van der Waals surface area contributed by atoms with Crippen LogP contribution in [0.3, 0.4) is 0 Å². The maximum absolute atomic E-state index is 4.30. The molecule has 0 radical (unpaired) electrons. The number of nitrogens with zero attached hydrogens (tertiary/aromatic N) is 2. The summed E-state index contributed by atoms with van der Waals surface area (Å²) in [7, 11) is 3.93. The molecule has 0 aliphatic rings. The van der Waals surface area contributed by atoms with Crippen LogP contribution in [0, 0.1) is 6.92 Å². The van der Waals surface area contributed by atoms with Gasteiger partial charge >= 0.3 is 0 Å². The topological polar surface area (TPSA) is 27.6 Å². The van der Waals surface area contributed by atoms with Gasteiger partial charge in [0.25, 0.3) is 0 Å². The van der Waals surface area contributed by atoms with Gasteiger partial charge in [-0.25, -0.2) is 4.99 Å². The lowest BCUT2D eigenvalue weighted by molar-refractivity contribution is 0.608. The maximum Gasteiger partial charge on any atom is 0.208 e. The largest absolute Gasteiger partial charge is 0.348 e. The standard InChI is InChI=1S/C13H19N3S/c1-5-10-14-13(16(3)4)15-17-12-8-6-11(2)7-9-12/h5-10H,1-4H3,(H,14,15)/b10-5-. The van der Waals surface area contributed by atoms with Gasteiger partial charge < -0.3 is 4.90 Å². The average Bonchev–Trinajstić information content (AvgIpc) is 2.31. The summed E-state index contributed by atoms with van der Waals surface area (Å²) in [6.45, 7) is 4.03.